The molecule has 3 heteroatoms. The first-order chi connectivity index (χ1) is 12.2. The Hall–Kier alpha value is -1.77. The lowest BCUT2D eigenvalue weighted by atomic mass is 9.96. The van der Waals surface area contributed by atoms with E-state index in [2.05, 4.69) is 13.8 Å². The van der Waals surface area contributed by atoms with Gasteiger partial charge in [-0.3, -0.25) is 0 Å². The number of carbonyl (C=O) groups excluding carboxylic acids is 1. The number of unbranched alkanes of at least 4 members (excludes halogenated alkanes) is 4. The second kappa shape index (κ2) is 13.5. The average Bonchev–Trinajstić information content (AvgIpc) is 2.65. The van der Waals surface area contributed by atoms with Gasteiger partial charge in [0.2, 0.25) is 0 Å². The number of hydrogen-bond donors (Lipinski definition) is 0. The van der Waals surface area contributed by atoms with Crippen LogP contribution in [0.3, 0.4) is 0 Å². The normalized spacial score (nSPS) is 12.3. The second-order valence-electron chi connectivity index (χ2n) is 6.59. The summed E-state index contributed by atoms with van der Waals surface area (Å²) in [6, 6.07) is 7.59. The molecule has 1 unspecified atom stereocenters. The predicted octanol–water partition coefficient (Wildman–Crippen LogP) is 6.03. The number of ether oxygens (including phenoxy) is 2. The monoisotopic (exact) mass is 346 g/mol. The molecule has 0 aliphatic heterocycles. The summed E-state index contributed by atoms with van der Waals surface area (Å²) in [6.45, 7) is 4.97. The number of methoxy groups -OCH3 is 1. The van der Waals surface area contributed by atoms with Gasteiger partial charge in [-0.1, -0.05) is 64.5 Å². The third kappa shape index (κ3) is 9.96. The lowest BCUT2D eigenvalue weighted by Crippen LogP contribution is -2.13. The number of esters is 1. The molecule has 140 valence electrons. The standard InChI is InChI=1S/C22H34O3/c1-4-6-8-9-11-20(10-7-5-2)18-25-22(23)17-14-19-12-15-21(24-3)16-13-19/h12-17,20H,4-11,18H2,1-3H3. The fourth-order valence-electron chi connectivity index (χ4n) is 2.79. The molecule has 0 spiro atoms. The van der Waals surface area contributed by atoms with Gasteiger partial charge >= 0.3 is 5.97 Å². The maximum absolute atomic E-state index is 12.0. The third-order valence-electron chi connectivity index (χ3n) is 4.42. The van der Waals surface area contributed by atoms with Gasteiger partial charge in [0.25, 0.3) is 0 Å². The van der Waals surface area contributed by atoms with Gasteiger partial charge in [-0.25, -0.2) is 4.79 Å². The average molecular weight is 347 g/mol. The maximum atomic E-state index is 12.0. The van der Waals surface area contributed by atoms with Crippen LogP contribution in [0.25, 0.3) is 6.08 Å². The van der Waals surface area contributed by atoms with E-state index in [1.807, 2.05) is 24.3 Å². The minimum absolute atomic E-state index is 0.258. The Bertz CT molecular complexity index is 490. The zero-order chi connectivity index (χ0) is 18.3. The van der Waals surface area contributed by atoms with E-state index in [1.54, 1.807) is 13.2 Å². The zero-order valence-electron chi connectivity index (χ0n) is 16.1. The maximum Gasteiger partial charge on any atom is 0.330 e. The Morgan fingerprint density at radius 1 is 1.00 bits per heavy atom. The summed E-state index contributed by atoms with van der Waals surface area (Å²) in [5.74, 6) is 1.04. The summed E-state index contributed by atoms with van der Waals surface area (Å²) in [4.78, 5) is 12.0. The van der Waals surface area contributed by atoms with Crippen LogP contribution in [0, 0.1) is 5.92 Å². The van der Waals surface area contributed by atoms with Crippen LogP contribution in [0.1, 0.15) is 70.8 Å². The molecule has 0 aromatic heterocycles. The molecular formula is C22H34O3. The summed E-state index contributed by atoms with van der Waals surface area (Å²) in [6.07, 6.45) is 13.1. The molecule has 1 rings (SSSR count). The van der Waals surface area contributed by atoms with Gasteiger partial charge in [0.1, 0.15) is 5.75 Å². The molecule has 0 N–H and O–H groups in total. The van der Waals surface area contributed by atoms with E-state index in [-0.39, 0.29) is 5.97 Å². The van der Waals surface area contributed by atoms with Gasteiger partial charge in [0, 0.05) is 6.08 Å². The summed E-state index contributed by atoms with van der Waals surface area (Å²) in [5, 5.41) is 0. The van der Waals surface area contributed by atoms with E-state index >= 15 is 0 Å². The van der Waals surface area contributed by atoms with Crippen LogP contribution >= 0.6 is 0 Å². The van der Waals surface area contributed by atoms with Crippen LogP contribution in [0.15, 0.2) is 30.3 Å². The molecule has 25 heavy (non-hydrogen) atoms. The SMILES string of the molecule is CCCCCCC(CCCC)COC(=O)C=Cc1ccc(OC)cc1. The van der Waals surface area contributed by atoms with E-state index in [1.165, 1.54) is 44.6 Å². The van der Waals surface area contributed by atoms with Crippen molar-refractivity contribution in [3.8, 4) is 5.75 Å². The Labute approximate surface area is 153 Å². The van der Waals surface area contributed by atoms with Gasteiger partial charge in [0.15, 0.2) is 0 Å². The van der Waals surface area contributed by atoms with Crippen LogP contribution in [-0.4, -0.2) is 19.7 Å². The lowest BCUT2D eigenvalue weighted by Gasteiger charge is -2.16. The minimum atomic E-state index is -0.258. The second-order valence-corrected chi connectivity index (χ2v) is 6.59. The molecule has 0 saturated carbocycles. The van der Waals surface area contributed by atoms with Crippen molar-refractivity contribution in [1.29, 1.82) is 0 Å². The van der Waals surface area contributed by atoms with Gasteiger partial charge in [0.05, 0.1) is 13.7 Å². The van der Waals surface area contributed by atoms with E-state index < -0.39 is 0 Å². The largest absolute Gasteiger partial charge is 0.497 e. The van der Waals surface area contributed by atoms with Crippen molar-refractivity contribution in [3.63, 3.8) is 0 Å². The van der Waals surface area contributed by atoms with Gasteiger partial charge < -0.3 is 9.47 Å². The lowest BCUT2D eigenvalue weighted by molar-refractivity contribution is -0.139. The summed E-state index contributed by atoms with van der Waals surface area (Å²) in [5.41, 5.74) is 0.958. The molecule has 0 fully saturated rings. The molecule has 0 saturated heterocycles. The Morgan fingerprint density at radius 3 is 2.32 bits per heavy atom. The Kier molecular flexibility index (Phi) is 11.5. The summed E-state index contributed by atoms with van der Waals surface area (Å²) < 4.78 is 10.6. The minimum Gasteiger partial charge on any atom is -0.497 e. The highest BCUT2D eigenvalue weighted by Gasteiger charge is 2.10. The zero-order valence-corrected chi connectivity index (χ0v) is 16.1. The summed E-state index contributed by atoms with van der Waals surface area (Å²) >= 11 is 0. The smallest absolute Gasteiger partial charge is 0.330 e. The first kappa shape index (κ1) is 21.3. The van der Waals surface area contributed by atoms with Crippen molar-refractivity contribution in [2.45, 2.75) is 65.2 Å². The molecule has 3 nitrogen and oxygen atoms in total. The highest BCUT2D eigenvalue weighted by molar-refractivity contribution is 5.87. The molecule has 0 amide bonds. The third-order valence-corrected chi connectivity index (χ3v) is 4.42. The van der Waals surface area contributed by atoms with Crippen LogP contribution in [0.4, 0.5) is 0 Å². The van der Waals surface area contributed by atoms with Crippen molar-refractivity contribution in [3.05, 3.63) is 35.9 Å². The van der Waals surface area contributed by atoms with Gasteiger partial charge in [-0.15, -0.1) is 0 Å². The van der Waals surface area contributed by atoms with E-state index in [4.69, 9.17) is 9.47 Å². The fourth-order valence-corrected chi connectivity index (χ4v) is 2.79. The highest BCUT2D eigenvalue weighted by Crippen LogP contribution is 2.18. The number of benzene rings is 1. The molecule has 0 radical (unpaired) electrons. The summed E-state index contributed by atoms with van der Waals surface area (Å²) in [7, 11) is 1.64. The van der Waals surface area contributed by atoms with Gasteiger partial charge in [-0.2, -0.15) is 0 Å². The van der Waals surface area contributed by atoms with Crippen LogP contribution in [0.2, 0.25) is 0 Å². The van der Waals surface area contributed by atoms with E-state index in [0.29, 0.717) is 12.5 Å². The molecular weight excluding hydrogens is 312 g/mol. The van der Waals surface area contributed by atoms with Crippen LogP contribution in [-0.2, 0) is 9.53 Å². The molecule has 0 aliphatic carbocycles. The first-order valence-electron chi connectivity index (χ1n) is 9.68. The molecule has 1 aromatic rings. The number of rotatable bonds is 13. The van der Waals surface area contributed by atoms with Crippen molar-refractivity contribution in [2.75, 3.05) is 13.7 Å². The van der Waals surface area contributed by atoms with Crippen molar-refractivity contribution >= 4 is 12.0 Å². The molecule has 0 bridgehead atoms. The molecule has 0 aliphatic rings. The number of hydrogen-bond acceptors (Lipinski definition) is 3. The van der Waals surface area contributed by atoms with Crippen molar-refractivity contribution in [2.24, 2.45) is 5.92 Å². The Morgan fingerprint density at radius 2 is 1.68 bits per heavy atom. The van der Waals surface area contributed by atoms with Crippen LogP contribution in [0.5, 0.6) is 5.75 Å². The van der Waals surface area contributed by atoms with Crippen molar-refractivity contribution in [1.82, 2.24) is 0 Å². The quantitative estimate of drug-likeness (QED) is 0.248. The Balaban J connectivity index is 2.39. The molecule has 1 atom stereocenters. The molecule has 0 heterocycles. The van der Waals surface area contributed by atoms with E-state index in [0.717, 1.165) is 24.2 Å². The predicted molar refractivity (Wildman–Crippen MR) is 105 cm³/mol. The highest BCUT2D eigenvalue weighted by atomic mass is 16.5. The fraction of sp³-hybridized carbons (Fsp3) is 0.591. The van der Waals surface area contributed by atoms with Crippen molar-refractivity contribution < 1.29 is 14.3 Å². The first-order valence-corrected chi connectivity index (χ1v) is 9.68. The number of carbonyl (C=O) groups is 1. The topological polar surface area (TPSA) is 35.5 Å². The van der Waals surface area contributed by atoms with Crippen LogP contribution < -0.4 is 4.74 Å². The molecule has 1 aromatic carbocycles. The van der Waals surface area contributed by atoms with Gasteiger partial charge in [-0.05, 0) is 42.5 Å². The van der Waals surface area contributed by atoms with E-state index in [9.17, 15) is 4.79 Å².